The van der Waals surface area contributed by atoms with Gasteiger partial charge in [0.2, 0.25) is 17.8 Å². The fourth-order valence-corrected chi connectivity index (χ4v) is 5.28. The van der Waals surface area contributed by atoms with Gasteiger partial charge in [-0.15, -0.1) is 0 Å². The second-order valence-electron chi connectivity index (χ2n) is 9.91. The number of nitrogens with two attached hydrogens (primary N) is 4. The molecule has 3 saturated heterocycles. The first-order valence-electron chi connectivity index (χ1n) is 11.3. The van der Waals surface area contributed by atoms with E-state index >= 15 is 0 Å². The summed E-state index contributed by atoms with van der Waals surface area (Å²) in [5.74, 6) is 3.24. The van der Waals surface area contributed by atoms with Crippen LogP contribution in [-0.4, -0.2) is 78.4 Å². The van der Waals surface area contributed by atoms with Crippen LogP contribution in [0.2, 0.25) is 0 Å². The first kappa shape index (κ1) is 21.5. The average molecular weight is 419 g/mol. The molecule has 4 rings (SSSR count). The van der Waals surface area contributed by atoms with Crippen molar-refractivity contribution in [2.75, 3.05) is 54.0 Å². The van der Waals surface area contributed by atoms with E-state index in [0.717, 1.165) is 31.9 Å². The first-order valence-corrected chi connectivity index (χ1v) is 11.3. The molecule has 10 nitrogen and oxygen atoms in total. The molecule has 2 unspecified atom stereocenters. The number of anilines is 3. The number of hydrogen-bond donors (Lipinski definition) is 4. The van der Waals surface area contributed by atoms with Gasteiger partial charge in [-0.25, -0.2) is 0 Å². The van der Waals surface area contributed by atoms with Crippen LogP contribution in [0.5, 0.6) is 0 Å². The van der Waals surface area contributed by atoms with Crippen molar-refractivity contribution in [3.63, 3.8) is 0 Å². The largest absolute Gasteiger partial charge is 0.340 e. The Morgan fingerprint density at radius 3 is 1.17 bits per heavy atom. The number of nitrogens with zero attached hydrogens (tertiary/aromatic N) is 6. The lowest BCUT2D eigenvalue weighted by Gasteiger charge is -2.39. The van der Waals surface area contributed by atoms with Gasteiger partial charge in [-0.1, -0.05) is 13.8 Å². The monoisotopic (exact) mass is 418 g/mol. The lowest BCUT2D eigenvalue weighted by molar-refractivity contribution is 0.353. The van der Waals surface area contributed by atoms with Crippen LogP contribution >= 0.6 is 0 Å². The summed E-state index contributed by atoms with van der Waals surface area (Å²) in [5, 5.41) is 0. The Balaban J connectivity index is 1.68. The fraction of sp³-hybridized carbons (Fsp3) is 0.850. The summed E-state index contributed by atoms with van der Waals surface area (Å²) in [5.41, 5.74) is 25.0. The predicted octanol–water partition coefficient (Wildman–Crippen LogP) is -0.917. The Labute approximate surface area is 179 Å². The summed E-state index contributed by atoms with van der Waals surface area (Å²) in [6.45, 7) is 9.26. The lowest BCUT2D eigenvalue weighted by atomic mass is 9.92. The summed E-state index contributed by atoms with van der Waals surface area (Å²) >= 11 is 0. The molecule has 30 heavy (non-hydrogen) atoms. The van der Waals surface area contributed by atoms with Crippen LogP contribution in [0.4, 0.5) is 17.8 Å². The summed E-state index contributed by atoms with van der Waals surface area (Å²) in [6, 6.07) is 0.0714. The predicted molar refractivity (Wildman–Crippen MR) is 121 cm³/mol. The second kappa shape index (κ2) is 8.78. The summed E-state index contributed by atoms with van der Waals surface area (Å²) in [4.78, 5) is 21.1. The third-order valence-electron chi connectivity index (χ3n) is 6.35. The molecule has 3 aliphatic heterocycles. The molecule has 0 radical (unpaired) electrons. The molecule has 3 aliphatic rings. The molecular formula is C20H38N10. The van der Waals surface area contributed by atoms with Crippen molar-refractivity contribution < 1.29 is 0 Å². The fourth-order valence-electron chi connectivity index (χ4n) is 5.28. The third-order valence-corrected chi connectivity index (χ3v) is 6.35. The van der Waals surface area contributed by atoms with Gasteiger partial charge in [0.25, 0.3) is 0 Å². The van der Waals surface area contributed by atoms with Crippen molar-refractivity contribution in [1.82, 2.24) is 15.0 Å². The molecule has 1 aromatic rings. The minimum absolute atomic E-state index is 0.0178. The molecule has 0 amide bonds. The SMILES string of the molecule is CC1CC(C)CN(c2nc(N3C[C@H](N)C[C@H](N)C3)nc(N3C[C@H](N)C[C@H](N)C3)n2)C1. The highest BCUT2D eigenvalue weighted by Gasteiger charge is 2.31. The van der Waals surface area contributed by atoms with Crippen LogP contribution in [0.25, 0.3) is 0 Å². The van der Waals surface area contributed by atoms with Gasteiger partial charge >= 0.3 is 0 Å². The zero-order valence-electron chi connectivity index (χ0n) is 18.3. The zero-order valence-corrected chi connectivity index (χ0v) is 18.3. The number of aromatic nitrogens is 3. The Hall–Kier alpha value is -1.75. The minimum Gasteiger partial charge on any atom is -0.340 e. The maximum Gasteiger partial charge on any atom is 0.232 e. The standard InChI is InChI=1S/C20H38N10/c1-12-3-13(2)7-28(6-12)18-25-19(29-8-14(21)4-15(22)9-29)27-20(26-18)30-10-16(23)5-17(24)11-30/h12-17H,3-11,21-24H2,1-2H3/t12?,13?,14-,15+,16-,17+. The number of hydrogen-bond acceptors (Lipinski definition) is 10. The molecular weight excluding hydrogens is 380 g/mol. The van der Waals surface area contributed by atoms with Gasteiger partial charge in [-0.05, 0) is 31.1 Å². The normalized spacial score (nSPS) is 35.6. The molecule has 6 atom stereocenters. The van der Waals surface area contributed by atoms with E-state index in [2.05, 4.69) is 28.5 Å². The van der Waals surface area contributed by atoms with Crippen molar-refractivity contribution in [2.45, 2.75) is 57.3 Å². The Morgan fingerprint density at radius 1 is 0.533 bits per heavy atom. The van der Waals surface area contributed by atoms with E-state index in [9.17, 15) is 0 Å². The van der Waals surface area contributed by atoms with Gasteiger partial charge in [-0.3, -0.25) is 0 Å². The van der Waals surface area contributed by atoms with Crippen molar-refractivity contribution in [2.24, 2.45) is 34.8 Å². The average Bonchev–Trinajstić information content (AvgIpc) is 2.65. The maximum absolute atomic E-state index is 6.24. The molecule has 8 N–H and O–H groups in total. The van der Waals surface area contributed by atoms with E-state index in [1.165, 1.54) is 6.42 Å². The third kappa shape index (κ3) is 4.93. The highest BCUT2D eigenvalue weighted by Crippen LogP contribution is 2.28. The molecule has 0 aromatic carbocycles. The Bertz CT molecular complexity index is 592. The quantitative estimate of drug-likeness (QED) is 0.485. The summed E-state index contributed by atoms with van der Waals surface area (Å²) in [7, 11) is 0. The van der Waals surface area contributed by atoms with E-state index in [4.69, 9.17) is 37.9 Å². The highest BCUT2D eigenvalue weighted by molar-refractivity contribution is 5.48. The molecule has 0 spiro atoms. The van der Waals surface area contributed by atoms with E-state index < -0.39 is 0 Å². The van der Waals surface area contributed by atoms with Crippen LogP contribution < -0.4 is 37.6 Å². The first-order chi connectivity index (χ1) is 14.3. The van der Waals surface area contributed by atoms with E-state index in [1.54, 1.807) is 0 Å². The zero-order chi connectivity index (χ0) is 21.4. The lowest BCUT2D eigenvalue weighted by Crippen LogP contribution is -2.54. The minimum atomic E-state index is 0.0178. The molecule has 1 aromatic heterocycles. The van der Waals surface area contributed by atoms with Gasteiger partial charge in [0.05, 0.1) is 0 Å². The molecule has 0 aliphatic carbocycles. The van der Waals surface area contributed by atoms with Gasteiger partial charge in [-0.2, -0.15) is 15.0 Å². The molecule has 4 heterocycles. The second-order valence-corrected chi connectivity index (χ2v) is 9.91. The van der Waals surface area contributed by atoms with Gasteiger partial charge < -0.3 is 37.6 Å². The van der Waals surface area contributed by atoms with Crippen molar-refractivity contribution in [3.8, 4) is 0 Å². The van der Waals surface area contributed by atoms with E-state index in [-0.39, 0.29) is 24.2 Å². The van der Waals surface area contributed by atoms with Crippen LogP contribution in [0.3, 0.4) is 0 Å². The van der Waals surface area contributed by atoms with E-state index in [1.807, 2.05) is 0 Å². The van der Waals surface area contributed by atoms with Crippen molar-refractivity contribution in [1.29, 1.82) is 0 Å². The Kier molecular flexibility index (Phi) is 6.29. The summed E-state index contributed by atoms with van der Waals surface area (Å²) in [6.07, 6.45) is 2.86. The maximum atomic E-state index is 6.24. The van der Waals surface area contributed by atoms with Gasteiger partial charge in [0.15, 0.2) is 0 Å². The highest BCUT2D eigenvalue weighted by atomic mass is 15.4. The van der Waals surface area contributed by atoms with E-state index in [0.29, 0.717) is 49.9 Å². The number of piperidine rings is 3. The molecule has 0 saturated carbocycles. The van der Waals surface area contributed by atoms with Crippen molar-refractivity contribution in [3.05, 3.63) is 0 Å². The molecule has 0 bridgehead atoms. The van der Waals surface area contributed by atoms with Gasteiger partial charge in [0, 0.05) is 63.4 Å². The van der Waals surface area contributed by atoms with Crippen molar-refractivity contribution >= 4 is 17.8 Å². The Morgan fingerprint density at radius 2 is 0.833 bits per heavy atom. The topological polar surface area (TPSA) is 152 Å². The van der Waals surface area contributed by atoms with Crippen LogP contribution in [0.15, 0.2) is 0 Å². The molecule has 168 valence electrons. The molecule has 3 fully saturated rings. The van der Waals surface area contributed by atoms with Crippen LogP contribution in [-0.2, 0) is 0 Å². The van der Waals surface area contributed by atoms with Gasteiger partial charge in [0.1, 0.15) is 0 Å². The number of rotatable bonds is 3. The molecule has 10 heteroatoms. The summed E-state index contributed by atoms with van der Waals surface area (Å²) < 4.78 is 0. The smallest absolute Gasteiger partial charge is 0.232 e. The van der Waals surface area contributed by atoms with Crippen LogP contribution in [0, 0.1) is 11.8 Å². The van der Waals surface area contributed by atoms with Crippen LogP contribution in [0.1, 0.15) is 33.1 Å².